The molecule has 2 heterocycles. The molecule has 1 aliphatic heterocycles. The number of esters is 1. The first-order valence-electron chi connectivity index (χ1n) is 10.6. The van der Waals surface area contributed by atoms with Crippen molar-refractivity contribution in [3.63, 3.8) is 0 Å². The third-order valence-corrected chi connectivity index (χ3v) is 5.40. The van der Waals surface area contributed by atoms with Crippen LogP contribution in [0, 0.1) is 11.8 Å². The number of hydrogen-bond acceptors (Lipinski definition) is 5. The lowest BCUT2D eigenvalue weighted by molar-refractivity contribution is -0.162. The van der Waals surface area contributed by atoms with Gasteiger partial charge in [0, 0.05) is 44.4 Å². The highest BCUT2D eigenvalue weighted by atomic mass is 16.8. The first-order valence-corrected chi connectivity index (χ1v) is 10.6. The Balaban J connectivity index is 1.82. The standard InChI is InChI=1S/C23H31N3O5/c1-13(2)10-16(19-22(29)31-23(3,4)30-19)20(27)26-18(21(28)24-5)11-14-12-25-17-9-7-6-8-15(14)17/h6-9,12-13,16,18-19,25H,10-11H2,1-5H3,(H,24,28)(H,26,27)/t16-,18+,19+/m1/s1. The summed E-state index contributed by atoms with van der Waals surface area (Å²) in [5.74, 6) is -2.97. The van der Waals surface area contributed by atoms with Crippen LogP contribution in [0.4, 0.5) is 0 Å². The van der Waals surface area contributed by atoms with Gasteiger partial charge in [-0.1, -0.05) is 32.0 Å². The fourth-order valence-electron chi connectivity index (χ4n) is 3.98. The Morgan fingerprint density at radius 1 is 1.19 bits per heavy atom. The smallest absolute Gasteiger partial charge is 0.338 e. The van der Waals surface area contributed by atoms with Crippen LogP contribution in [-0.2, 0) is 30.3 Å². The van der Waals surface area contributed by atoms with E-state index in [1.807, 2.05) is 44.3 Å². The van der Waals surface area contributed by atoms with Crippen LogP contribution in [0.2, 0.25) is 0 Å². The minimum atomic E-state index is -1.08. The summed E-state index contributed by atoms with van der Waals surface area (Å²) >= 11 is 0. The molecule has 31 heavy (non-hydrogen) atoms. The summed E-state index contributed by atoms with van der Waals surface area (Å²) in [6.45, 7) is 7.21. The molecule has 168 valence electrons. The van der Waals surface area contributed by atoms with Crippen LogP contribution in [-0.4, -0.2) is 47.7 Å². The molecule has 8 heteroatoms. The fourth-order valence-corrected chi connectivity index (χ4v) is 3.98. The molecule has 8 nitrogen and oxygen atoms in total. The zero-order valence-corrected chi connectivity index (χ0v) is 18.7. The van der Waals surface area contributed by atoms with E-state index in [9.17, 15) is 14.4 Å². The molecule has 3 N–H and O–H groups in total. The molecule has 0 spiro atoms. The van der Waals surface area contributed by atoms with E-state index < -0.39 is 35.7 Å². The van der Waals surface area contributed by atoms with Gasteiger partial charge >= 0.3 is 5.97 Å². The van der Waals surface area contributed by atoms with Crippen LogP contribution in [0.15, 0.2) is 30.5 Å². The van der Waals surface area contributed by atoms with Gasteiger partial charge in [0.2, 0.25) is 17.6 Å². The number of cyclic esters (lactones) is 1. The van der Waals surface area contributed by atoms with E-state index >= 15 is 0 Å². The Hall–Kier alpha value is -2.87. The van der Waals surface area contributed by atoms with Crippen molar-refractivity contribution in [2.45, 2.75) is 58.5 Å². The molecule has 1 aromatic heterocycles. The number of H-pyrrole nitrogens is 1. The van der Waals surface area contributed by atoms with Gasteiger partial charge in [0.05, 0.1) is 5.92 Å². The summed E-state index contributed by atoms with van der Waals surface area (Å²) in [6.07, 6.45) is 1.58. The second kappa shape index (κ2) is 9.09. The third-order valence-electron chi connectivity index (χ3n) is 5.40. The average molecular weight is 430 g/mol. The summed E-state index contributed by atoms with van der Waals surface area (Å²) in [5.41, 5.74) is 1.88. The summed E-state index contributed by atoms with van der Waals surface area (Å²) in [4.78, 5) is 41.4. The topological polar surface area (TPSA) is 110 Å². The van der Waals surface area contributed by atoms with Crippen LogP contribution in [0.5, 0.6) is 0 Å². The molecule has 0 unspecified atom stereocenters. The number of rotatable bonds is 8. The summed E-state index contributed by atoms with van der Waals surface area (Å²) in [5, 5.41) is 6.46. The van der Waals surface area contributed by atoms with Gasteiger partial charge in [-0.25, -0.2) is 4.79 Å². The average Bonchev–Trinajstić information content (AvgIpc) is 3.23. The van der Waals surface area contributed by atoms with Crippen LogP contribution in [0.1, 0.15) is 39.7 Å². The fraction of sp³-hybridized carbons (Fsp3) is 0.522. The lowest BCUT2D eigenvalue weighted by Gasteiger charge is -2.25. The maximum absolute atomic E-state index is 13.3. The number of benzene rings is 1. The van der Waals surface area contributed by atoms with Crippen molar-refractivity contribution in [1.29, 1.82) is 0 Å². The molecule has 2 aromatic rings. The molecule has 3 rings (SSSR count). The summed E-state index contributed by atoms with van der Waals surface area (Å²) in [7, 11) is 1.53. The van der Waals surface area contributed by atoms with Crippen molar-refractivity contribution in [2.24, 2.45) is 11.8 Å². The molecule has 2 amide bonds. The number of carbonyl (C=O) groups excluding carboxylic acids is 3. The van der Waals surface area contributed by atoms with E-state index in [2.05, 4.69) is 15.6 Å². The van der Waals surface area contributed by atoms with Crippen molar-refractivity contribution in [3.8, 4) is 0 Å². The lowest BCUT2D eigenvalue weighted by Crippen LogP contribution is -2.51. The van der Waals surface area contributed by atoms with Gasteiger partial charge in [0.1, 0.15) is 6.04 Å². The zero-order valence-electron chi connectivity index (χ0n) is 18.7. The van der Waals surface area contributed by atoms with Crippen molar-refractivity contribution in [3.05, 3.63) is 36.0 Å². The first kappa shape index (κ1) is 22.8. The van der Waals surface area contributed by atoms with Gasteiger partial charge in [0.15, 0.2) is 6.10 Å². The number of para-hydroxylation sites is 1. The maximum atomic E-state index is 13.3. The molecule has 0 bridgehead atoms. The molecule has 1 fully saturated rings. The van der Waals surface area contributed by atoms with Crippen molar-refractivity contribution in [1.82, 2.24) is 15.6 Å². The monoisotopic (exact) mass is 429 g/mol. The third kappa shape index (κ3) is 5.25. The van der Waals surface area contributed by atoms with Gasteiger partial charge in [-0.3, -0.25) is 9.59 Å². The highest BCUT2D eigenvalue weighted by molar-refractivity contribution is 5.92. The Morgan fingerprint density at radius 2 is 1.90 bits per heavy atom. The second-order valence-electron chi connectivity index (χ2n) is 8.83. The molecule has 3 atom stereocenters. The second-order valence-corrected chi connectivity index (χ2v) is 8.83. The summed E-state index contributed by atoms with van der Waals surface area (Å²) in [6, 6.07) is 6.98. The minimum Gasteiger partial charge on any atom is -0.432 e. The number of aromatic nitrogens is 1. The summed E-state index contributed by atoms with van der Waals surface area (Å²) < 4.78 is 11.0. The minimum absolute atomic E-state index is 0.142. The number of amides is 2. The van der Waals surface area contributed by atoms with Gasteiger partial charge in [-0.05, 0) is 24.0 Å². The molecule has 1 saturated heterocycles. The van der Waals surface area contributed by atoms with Crippen molar-refractivity contribution in [2.75, 3.05) is 7.05 Å². The van der Waals surface area contributed by atoms with E-state index in [1.54, 1.807) is 13.8 Å². The largest absolute Gasteiger partial charge is 0.432 e. The van der Waals surface area contributed by atoms with Gasteiger partial charge in [0.25, 0.3) is 0 Å². The number of carbonyl (C=O) groups is 3. The van der Waals surface area contributed by atoms with E-state index in [0.29, 0.717) is 12.8 Å². The number of aromatic amines is 1. The Bertz CT molecular complexity index is 965. The Morgan fingerprint density at radius 3 is 2.52 bits per heavy atom. The van der Waals surface area contributed by atoms with Crippen molar-refractivity contribution >= 4 is 28.7 Å². The van der Waals surface area contributed by atoms with Gasteiger partial charge in [-0.2, -0.15) is 0 Å². The molecule has 1 aromatic carbocycles. The number of hydrogen-bond donors (Lipinski definition) is 3. The van der Waals surface area contributed by atoms with E-state index in [0.717, 1.165) is 16.5 Å². The molecule has 1 aliphatic rings. The Labute approximate surface area is 182 Å². The van der Waals surface area contributed by atoms with E-state index in [1.165, 1.54) is 7.05 Å². The highest BCUT2D eigenvalue weighted by Crippen LogP contribution is 2.31. The van der Waals surface area contributed by atoms with Crippen LogP contribution >= 0.6 is 0 Å². The number of likely N-dealkylation sites (N-methyl/N-ethyl adjacent to an activating group) is 1. The first-order chi connectivity index (χ1) is 14.6. The number of nitrogens with one attached hydrogen (secondary N) is 3. The molecular weight excluding hydrogens is 398 g/mol. The van der Waals surface area contributed by atoms with Crippen LogP contribution < -0.4 is 10.6 Å². The molecular formula is C23H31N3O5. The number of fused-ring (bicyclic) bond motifs is 1. The van der Waals surface area contributed by atoms with Crippen LogP contribution in [0.25, 0.3) is 10.9 Å². The van der Waals surface area contributed by atoms with Gasteiger partial charge in [-0.15, -0.1) is 0 Å². The SMILES string of the molecule is CNC(=O)[C@H](Cc1c[nH]c2ccccc12)NC(=O)[C@H](CC(C)C)[C@@H]1OC(C)(C)OC1=O. The normalized spacial score (nSPS) is 19.8. The molecule has 0 radical (unpaired) electrons. The quantitative estimate of drug-likeness (QED) is 0.558. The van der Waals surface area contributed by atoms with Crippen LogP contribution in [0.3, 0.4) is 0 Å². The zero-order chi connectivity index (χ0) is 22.8. The highest BCUT2D eigenvalue weighted by Gasteiger charge is 2.48. The number of ether oxygens (including phenoxy) is 2. The van der Waals surface area contributed by atoms with E-state index in [4.69, 9.17) is 9.47 Å². The van der Waals surface area contributed by atoms with E-state index in [-0.39, 0.29) is 11.8 Å². The van der Waals surface area contributed by atoms with Gasteiger partial charge < -0.3 is 25.1 Å². The maximum Gasteiger partial charge on any atom is 0.338 e. The predicted molar refractivity (Wildman–Crippen MR) is 116 cm³/mol. The van der Waals surface area contributed by atoms with Crippen molar-refractivity contribution < 1.29 is 23.9 Å². The predicted octanol–water partition coefficient (Wildman–Crippen LogP) is 2.28. The Kier molecular flexibility index (Phi) is 6.69. The molecule has 0 aliphatic carbocycles. The molecule has 0 saturated carbocycles. The lowest BCUT2D eigenvalue weighted by atomic mass is 9.90.